The molecule has 0 saturated heterocycles. The molecule has 7 aromatic rings. The molecule has 0 aliphatic carbocycles. The van der Waals surface area contributed by atoms with Crippen molar-refractivity contribution in [1.29, 1.82) is 0 Å². The number of fused-ring (bicyclic) bond motifs is 20. The molecular weight excluding hydrogens is 576 g/mol. The van der Waals surface area contributed by atoms with Crippen LogP contribution in [0.25, 0.3) is 89.7 Å². The van der Waals surface area contributed by atoms with E-state index in [9.17, 15) is 5.11 Å². The second kappa shape index (κ2) is 9.04. The SMILES string of the molecule is Oc1cccc2c3nc4nc(nc5[nH]c(nc6nc(nc([nH]3)c12)-c1ccccc1-6)c1ccccc51)-c1ccccc1-4.[Cu]. The second-order valence-corrected chi connectivity index (χ2v) is 9.95. The molecule has 4 aromatic carbocycles. The Morgan fingerprint density at radius 3 is 1.29 bits per heavy atom. The van der Waals surface area contributed by atoms with Crippen LogP contribution in [-0.2, 0) is 17.1 Å². The third kappa shape index (κ3) is 3.49. The van der Waals surface area contributed by atoms with Crippen LogP contribution in [0.4, 0.5) is 0 Å². The van der Waals surface area contributed by atoms with Crippen LogP contribution in [0.1, 0.15) is 0 Å². The molecule has 0 unspecified atom stereocenters. The molecule has 9 rings (SSSR count). The molecule has 2 aliphatic heterocycles. The van der Waals surface area contributed by atoms with E-state index in [4.69, 9.17) is 29.9 Å². The third-order valence-electron chi connectivity index (χ3n) is 7.56. The van der Waals surface area contributed by atoms with Crippen molar-refractivity contribution < 1.29 is 22.2 Å². The van der Waals surface area contributed by atoms with Gasteiger partial charge in [0.1, 0.15) is 28.3 Å². The Bertz CT molecular complexity index is 2410. The standard InChI is InChI=1S/C32H18N8O.Cu/c41-23-15-7-14-22-24(23)32-39-30-21-13-6-5-12-20(21)28(37-30)35-26-17-9-2-1-8-16(17)25(33-26)34-27-18-10-3-4-11-19(18)29(36-27)38-31(22)40-32;/h1-15,41H,(H2,33,34,35,36,37,38,39,40);. The van der Waals surface area contributed by atoms with Crippen LogP contribution in [0.2, 0.25) is 0 Å². The van der Waals surface area contributed by atoms with Gasteiger partial charge in [-0.15, -0.1) is 0 Å². The summed E-state index contributed by atoms with van der Waals surface area (Å²) in [6.07, 6.45) is 0. The molecule has 9 nitrogen and oxygen atoms in total. The fraction of sp³-hybridized carbons (Fsp3) is 0. The third-order valence-corrected chi connectivity index (χ3v) is 7.56. The largest absolute Gasteiger partial charge is 0.507 e. The van der Waals surface area contributed by atoms with Crippen molar-refractivity contribution in [2.45, 2.75) is 0 Å². The summed E-state index contributed by atoms with van der Waals surface area (Å²) in [7, 11) is 0. The van der Waals surface area contributed by atoms with E-state index in [1.807, 2.05) is 78.9 Å². The average molecular weight is 594 g/mol. The van der Waals surface area contributed by atoms with Gasteiger partial charge in [-0.2, -0.15) is 0 Å². The minimum atomic E-state index is 0. The van der Waals surface area contributed by atoms with E-state index in [0.717, 1.165) is 38.4 Å². The molecule has 0 amide bonds. The van der Waals surface area contributed by atoms with Crippen LogP contribution in [0, 0.1) is 0 Å². The minimum Gasteiger partial charge on any atom is -0.507 e. The monoisotopic (exact) mass is 593 g/mol. The first-order valence-corrected chi connectivity index (χ1v) is 13.1. The van der Waals surface area contributed by atoms with Crippen LogP contribution in [0.3, 0.4) is 0 Å². The maximum atomic E-state index is 10.9. The normalized spacial score (nSPS) is 11.7. The summed E-state index contributed by atoms with van der Waals surface area (Å²) >= 11 is 0. The molecule has 0 atom stereocenters. The number of aromatic hydroxyl groups is 1. The van der Waals surface area contributed by atoms with Crippen LogP contribution in [0.15, 0.2) is 91.0 Å². The first-order chi connectivity index (χ1) is 20.2. The van der Waals surface area contributed by atoms with Crippen LogP contribution < -0.4 is 0 Å². The summed E-state index contributed by atoms with van der Waals surface area (Å²) in [6, 6.07) is 29.1. The quantitative estimate of drug-likeness (QED) is 0.169. The minimum absolute atomic E-state index is 0. The zero-order valence-electron chi connectivity index (χ0n) is 21.6. The summed E-state index contributed by atoms with van der Waals surface area (Å²) in [5.74, 6) is 2.19. The zero-order chi connectivity index (χ0) is 27.1. The number of aromatic amines is 2. The second-order valence-electron chi connectivity index (χ2n) is 9.95. The van der Waals surface area contributed by atoms with Gasteiger partial charge >= 0.3 is 0 Å². The first-order valence-electron chi connectivity index (χ1n) is 13.1. The van der Waals surface area contributed by atoms with E-state index in [1.54, 1.807) is 12.1 Å². The Hall–Kier alpha value is -5.44. The number of hydrogen-bond acceptors (Lipinski definition) is 7. The van der Waals surface area contributed by atoms with Crippen LogP contribution in [0.5, 0.6) is 5.75 Å². The molecule has 5 heterocycles. The molecular formula is C32H18CuN8O. The molecule has 42 heavy (non-hydrogen) atoms. The molecule has 1 radical (unpaired) electrons. The van der Waals surface area contributed by atoms with Gasteiger partial charge in [0.2, 0.25) is 0 Å². The van der Waals surface area contributed by atoms with Gasteiger partial charge in [-0.3, -0.25) is 0 Å². The van der Waals surface area contributed by atoms with Gasteiger partial charge in [-0.25, -0.2) is 29.9 Å². The molecule has 0 saturated carbocycles. The molecule has 203 valence electrons. The van der Waals surface area contributed by atoms with Crippen molar-refractivity contribution in [3.8, 4) is 51.3 Å². The van der Waals surface area contributed by atoms with Crippen molar-refractivity contribution in [3.63, 3.8) is 0 Å². The molecule has 3 aromatic heterocycles. The predicted molar refractivity (Wildman–Crippen MR) is 158 cm³/mol. The van der Waals surface area contributed by atoms with E-state index in [2.05, 4.69) is 9.97 Å². The maximum Gasteiger partial charge on any atom is 0.164 e. The van der Waals surface area contributed by atoms with Gasteiger partial charge in [0.15, 0.2) is 23.3 Å². The van der Waals surface area contributed by atoms with Gasteiger partial charge in [0.25, 0.3) is 0 Å². The van der Waals surface area contributed by atoms with E-state index in [1.165, 1.54) is 0 Å². The topological polar surface area (TPSA) is 129 Å². The summed E-state index contributed by atoms with van der Waals surface area (Å²) in [5.41, 5.74) is 5.74. The summed E-state index contributed by atoms with van der Waals surface area (Å²) < 4.78 is 0. The Kier molecular flexibility index (Phi) is 5.24. The van der Waals surface area contributed by atoms with Crippen molar-refractivity contribution in [1.82, 2.24) is 39.9 Å². The van der Waals surface area contributed by atoms with Gasteiger partial charge in [-0.05, 0) is 6.07 Å². The number of aromatic nitrogens is 8. The predicted octanol–water partition coefficient (Wildman–Crippen LogP) is 6.57. The number of phenolic OH excluding ortho intramolecular Hbond substituents is 1. The van der Waals surface area contributed by atoms with Crippen LogP contribution in [-0.4, -0.2) is 45.0 Å². The summed E-state index contributed by atoms with van der Waals surface area (Å²) in [4.78, 5) is 36.3. The number of hydrogen-bond donors (Lipinski definition) is 3. The number of rotatable bonds is 0. The molecule has 3 N–H and O–H groups in total. The smallest absolute Gasteiger partial charge is 0.164 e. The molecule has 10 heteroatoms. The fourth-order valence-electron chi connectivity index (χ4n) is 5.67. The molecule has 8 bridgehead atoms. The van der Waals surface area contributed by atoms with Crippen molar-refractivity contribution >= 4 is 44.1 Å². The van der Waals surface area contributed by atoms with Gasteiger partial charge in [0.05, 0.1) is 5.39 Å². The van der Waals surface area contributed by atoms with Crippen LogP contribution >= 0.6 is 0 Å². The number of phenols is 1. The van der Waals surface area contributed by atoms with E-state index >= 15 is 0 Å². The molecule has 0 spiro atoms. The Balaban J connectivity index is 0.00000267. The molecule has 2 aliphatic rings. The fourth-order valence-corrected chi connectivity index (χ4v) is 5.67. The molecule has 0 fully saturated rings. The van der Waals surface area contributed by atoms with E-state index < -0.39 is 0 Å². The Morgan fingerprint density at radius 2 is 0.786 bits per heavy atom. The van der Waals surface area contributed by atoms with Gasteiger partial charge < -0.3 is 15.1 Å². The number of nitrogens with zero attached hydrogens (tertiary/aromatic N) is 6. The van der Waals surface area contributed by atoms with Gasteiger partial charge in [0, 0.05) is 55.5 Å². The van der Waals surface area contributed by atoms with Crippen molar-refractivity contribution in [2.75, 3.05) is 0 Å². The number of benzene rings is 4. The zero-order valence-corrected chi connectivity index (χ0v) is 22.5. The van der Waals surface area contributed by atoms with Gasteiger partial charge in [-0.1, -0.05) is 84.9 Å². The van der Waals surface area contributed by atoms with E-state index in [0.29, 0.717) is 51.3 Å². The van der Waals surface area contributed by atoms with Crippen molar-refractivity contribution in [2.24, 2.45) is 0 Å². The number of nitrogens with one attached hydrogen (secondary N) is 2. The Labute approximate surface area is 247 Å². The summed E-state index contributed by atoms with van der Waals surface area (Å²) in [5, 5.41) is 14.0. The summed E-state index contributed by atoms with van der Waals surface area (Å²) in [6.45, 7) is 0. The Morgan fingerprint density at radius 1 is 0.405 bits per heavy atom. The average Bonchev–Trinajstić information content (AvgIpc) is 3.73. The van der Waals surface area contributed by atoms with E-state index in [-0.39, 0.29) is 22.8 Å². The maximum absolute atomic E-state index is 10.9. The number of H-pyrrole nitrogens is 2. The first kappa shape index (κ1) is 24.4. The van der Waals surface area contributed by atoms with Crippen molar-refractivity contribution in [3.05, 3.63) is 91.0 Å².